The van der Waals surface area contributed by atoms with Crippen molar-refractivity contribution >= 4 is 0 Å². The zero-order valence-corrected chi connectivity index (χ0v) is 10.5. The SMILES string of the molecule is CNC(c1ccc(F)cn1)C1CCCCCC1. The van der Waals surface area contributed by atoms with Gasteiger partial charge in [-0.25, -0.2) is 4.39 Å². The molecule has 2 rings (SSSR count). The van der Waals surface area contributed by atoms with E-state index in [2.05, 4.69) is 10.3 Å². The summed E-state index contributed by atoms with van der Waals surface area (Å²) in [7, 11) is 1.97. The van der Waals surface area contributed by atoms with Crippen LogP contribution in [0, 0.1) is 11.7 Å². The molecule has 1 aliphatic rings. The van der Waals surface area contributed by atoms with Crippen molar-refractivity contribution in [3.8, 4) is 0 Å². The number of rotatable bonds is 3. The number of hydrogen-bond donors (Lipinski definition) is 1. The number of nitrogens with one attached hydrogen (secondary N) is 1. The Balaban J connectivity index is 2.11. The van der Waals surface area contributed by atoms with Crippen LogP contribution in [0.1, 0.15) is 50.3 Å². The van der Waals surface area contributed by atoms with Crippen molar-refractivity contribution in [3.05, 3.63) is 29.8 Å². The molecule has 0 aromatic carbocycles. The summed E-state index contributed by atoms with van der Waals surface area (Å²) in [5, 5.41) is 3.35. The molecular formula is C14H21FN2. The van der Waals surface area contributed by atoms with Gasteiger partial charge in [-0.2, -0.15) is 0 Å². The van der Waals surface area contributed by atoms with Gasteiger partial charge in [-0.3, -0.25) is 4.98 Å². The fraction of sp³-hybridized carbons (Fsp3) is 0.643. The van der Waals surface area contributed by atoms with Gasteiger partial charge in [0.25, 0.3) is 0 Å². The van der Waals surface area contributed by atoms with E-state index >= 15 is 0 Å². The number of pyridine rings is 1. The van der Waals surface area contributed by atoms with E-state index in [1.54, 1.807) is 6.07 Å². The van der Waals surface area contributed by atoms with Crippen LogP contribution in [0.3, 0.4) is 0 Å². The minimum Gasteiger partial charge on any atom is -0.311 e. The molecule has 1 heterocycles. The zero-order valence-electron chi connectivity index (χ0n) is 10.5. The van der Waals surface area contributed by atoms with Crippen LogP contribution in [-0.4, -0.2) is 12.0 Å². The predicted molar refractivity (Wildman–Crippen MR) is 67.2 cm³/mol. The highest BCUT2D eigenvalue weighted by atomic mass is 19.1. The van der Waals surface area contributed by atoms with Crippen molar-refractivity contribution in [3.63, 3.8) is 0 Å². The molecule has 1 aromatic rings. The molecule has 1 fully saturated rings. The first-order valence-corrected chi connectivity index (χ1v) is 6.60. The molecule has 0 saturated heterocycles. The minimum atomic E-state index is -0.260. The Kier molecular flexibility index (Phi) is 4.49. The third kappa shape index (κ3) is 3.25. The molecular weight excluding hydrogens is 215 g/mol. The van der Waals surface area contributed by atoms with Crippen LogP contribution in [0.2, 0.25) is 0 Å². The highest BCUT2D eigenvalue weighted by Crippen LogP contribution is 2.32. The second-order valence-electron chi connectivity index (χ2n) is 4.92. The zero-order chi connectivity index (χ0) is 12.1. The van der Waals surface area contributed by atoms with E-state index in [9.17, 15) is 4.39 Å². The highest BCUT2D eigenvalue weighted by Gasteiger charge is 2.23. The quantitative estimate of drug-likeness (QED) is 0.813. The molecule has 2 nitrogen and oxygen atoms in total. The summed E-state index contributed by atoms with van der Waals surface area (Å²) in [6.45, 7) is 0. The van der Waals surface area contributed by atoms with E-state index in [0.717, 1.165) is 5.69 Å². The van der Waals surface area contributed by atoms with Gasteiger partial charge < -0.3 is 5.32 Å². The van der Waals surface area contributed by atoms with Crippen molar-refractivity contribution in [2.45, 2.75) is 44.6 Å². The fourth-order valence-electron chi connectivity index (χ4n) is 2.84. The Bertz CT molecular complexity index is 329. The van der Waals surface area contributed by atoms with Crippen LogP contribution >= 0.6 is 0 Å². The summed E-state index contributed by atoms with van der Waals surface area (Å²) >= 11 is 0. The molecule has 1 saturated carbocycles. The second kappa shape index (κ2) is 6.10. The maximum atomic E-state index is 12.9. The lowest BCUT2D eigenvalue weighted by Gasteiger charge is -2.25. The smallest absolute Gasteiger partial charge is 0.141 e. The first-order chi connectivity index (χ1) is 8.31. The lowest BCUT2D eigenvalue weighted by molar-refractivity contribution is 0.335. The lowest BCUT2D eigenvalue weighted by atomic mass is 9.89. The maximum absolute atomic E-state index is 12.9. The number of nitrogens with zero attached hydrogens (tertiary/aromatic N) is 1. The van der Waals surface area contributed by atoms with Gasteiger partial charge in [0.2, 0.25) is 0 Å². The molecule has 0 spiro atoms. The van der Waals surface area contributed by atoms with Gasteiger partial charge in [0.05, 0.1) is 17.9 Å². The Morgan fingerprint density at radius 2 is 1.94 bits per heavy atom. The molecule has 1 aliphatic carbocycles. The van der Waals surface area contributed by atoms with Crippen molar-refractivity contribution in [2.24, 2.45) is 5.92 Å². The molecule has 0 aliphatic heterocycles. The molecule has 1 N–H and O–H groups in total. The minimum absolute atomic E-state index is 0.260. The number of aromatic nitrogens is 1. The summed E-state index contributed by atoms with van der Waals surface area (Å²) in [4.78, 5) is 4.22. The first kappa shape index (κ1) is 12.5. The average Bonchev–Trinajstić information content (AvgIpc) is 2.62. The number of halogens is 1. The molecule has 3 heteroatoms. The van der Waals surface area contributed by atoms with E-state index in [0.29, 0.717) is 5.92 Å². The maximum Gasteiger partial charge on any atom is 0.141 e. The Morgan fingerprint density at radius 1 is 1.24 bits per heavy atom. The summed E-state index contributed by atoms with van der Waals surface area (Å²) in [6, 6.07) is 3.58. The lowest BCUT2D eigenvalue weighted by Crippen LogP contribution is -2.26. The Labute approximate surface area is 103 Å². The van der Waals surface area contributed by atoms with Gasteiger partial charge in [-0.1, -0.05) is 25.7 Å². The van der Waals surface area contributed by atoms with E-state index in [4.69, 9.17) is 0 Å². The normalized spacial score (nSPS) is 19.9. The summed E-state index contributed by atoms with van der Waals surface area (Å²) in [5.74, 6) is 0.380. The third-order valence-electron chi connectivity index (χ3n) is 3.75. The predicted octanol–water partition coefficient (Wildman–Crippen LogP) is 3.45. The van der Waals surface area contributed by atoms with E-state index in [1.165, 1.54) is 50.8 Å². The monoisotopic (exact) mass is 236 g/mol. The van der Waals surface area contributed by atoms with Crippen LogP contribution in [0.15, 0.2) is 18.3 Å². The van der Waals surface area contributed by atoms with Crippen molar-refractivity contribution < 1.29 is 4.39 Å². The van der Waals surface area contributed by atoms with Gasteiger partial charge in [-0.15, -0.1) is 0 Å². The van der Waals surface area contributed by atoms with Crippen LogP contribution in [0.5, 0.6) is 0 Å². The van der Waals surface area contributed by atoms with Crippen molar-refractivity contribution in [1.82, 2.24) is 10.3 Å². The second-order valence-corrected chi connectivity index (χ2v) is 4.92. The van der Waals surface area contributed by atoms with Gasteiger partial charge in [-0.05, 0) is 37.9 Å². The fourth-order valence-corrected chi connectivity index (χ4v) is 2.84. The largest absolute Gasteiger partial charge is 0.311 e. The first-order valence-electron chi connectivity index (χ1n) is 6.60. The van der Waals surface area contributed by atoms with E-state index in [1.807, 2.05) is 7.05 Å². The summed E-state index contributed by atoms with van der Waals surface area (Å²) in [6.07, 6.45) is 9.15. The van der Waals surface area contributed by atoms with Crippen LogP contribution < -0.4 is 5.32 Å². The van der Waals surface area contributed by atoms with Crippen LogP contribution in [-0.2, 0) is 0 Å². The average molecular weight is 236 g/mol. The Morgan fingerprint density at radius 3 is 2.47 bits per heavy atom. The van der Waals surface area contributed by atoms with Crippen molar-refractivity contribution in [1.29, 1.82) is 0 Å². The molecule has 0 radical (unpaired) electrons. The summed E-state index contributed by atoms with van der Waals surface area (Å²) < 4.78 is 12.9. The van der Waals surface area contributed by atoms with Gasteiger partial charge in [0, 0.05) is 0 Å². The van der Waals surface area contributed by atoms with Crippen LogP contribution in [0.4, 0.5) is 4.39 Å². The molecule has 1 aromatic heterocycles. The molecule has 0 bridgehead atoms. The topological polar surface area (TPSA) is 24.9 Å². The molecule has 17 heavy (non-hydrogen) atoms. The molecule has 94 valence electrons. The highest BCUT2D eigenvalue weighted by molar-refractivity contribution is 5.11. The van der Waals surface area contributed by atoms with Crippen LogP contribution in [0.25, 0.3) is 0 Å². The standard InChI is InChI=1S/C14H21FN2/c1-16-14(11-6-4-2-3-5-7-11)13-9-8-12(15)10-17-13/h8-11,14,16H,2-7H2,1H3. The Hall–Kier alpha value is -0.960. The number of hydrogen-bond acceptors (Lipinski definition) is 2. The summed E-state index contributed by atoms with van der Waals surface area (Å²) in [5.41, 5.74) is 0.973. The van der Waals surface area contributed by atoms with E-state index < -0.39 is 0 Å². The van der Waals surface area contributed by atoms with Gasteiger partial charge in [0.1, 0.15) is 5.82 Å². The molecule has 0 amide bonds. The molecule has 1 unspecified atom stereocenters. The molecule has 1 atom stereocenters. The van der Waals surface area contributed by atoms with Gasteiger partial charge >= 0.3 is 0 Å². The van der Waals surface area contributed by atoms with E-state index in [-0.39, 0.29) is 11.9 Å². The van der Waals surface area contributed by atoms with Gasteiger partial charge in [0.15, 0.2) is 0 Å². The van der Waals surface area contributed by atoms with Crippen molar-refractivity contribution in [2.75, 3.05) is 7.05 Å². The third-order valence-corrected chi connectivity index (χ3v) is 3.75.